The molecule has 0 unspecified atom stereocenters. The molecule has 2 aromatic heterocycles. The van der Waals surface area contributed by atoms with Gasteiger partial charge >= 0.3 is 0 Å². The predicted octanol–water partition coefficient (Wildman–Crippen LogP) is -0.830. The number of rotatable bonds is 1. The average Bonchev–Trinajstić information content (AvgIpc) is 2.87. The van der Waals surface area contributed by atoms with Gasteiger partial charge in [0.25, 0.3) is 11.7 Å². The highest BCUT2D eigenvalue weighted by atomic mass is 16.2. The Hall–Kier alpha value is -2.02. The molecule has 1 amide bonds. The highest BCUT2D eigenvalue weighted by molar-refractivity contribution is 5.92. The van der Waals surface area contributed by atoms with E-state index >= 15 is 0 Å². The molecule has 1 N–H and O–H groups in total. The lowest BCUT2D eigenvalue weighted by Crippen LogP contribution is -2.46. The maximum atomic E-state index is 12.3. The molecule has 1 aliphatic heterocycles. The van der Waals surface area contributed by atoms with Gasteiger partial charge < -0.3 is 10.2 Å². The van der Waals surface area contributed by atoms with Crippen LogP contribution in [0.25, 0.3) is 5.78 Å². The van der Waals surface area contributed by atoms with Crippen molar-refractivity contribution in [1.82, 2.24) is 29.8 Å². The molecule has 17 heavy (non-hydrogen) atoms. The van der Waals surface area contributed by atoms with Crippen LogP contribution in [0.3, 0.4) is 0 Å². The second kappa shape index (κ2) is 4.10. The third-order valence-corrected chi connectivity index (χ3v) is 2.80. The maximum absolute atomic E-state index is 12.3. The Balaban J connectivity index is 1.97. The van der Waals surface area contributed by atoms with E-state index in [1.807, 2.05) is 4.90 Å². The molecule has 0 radical (unpaired) electrons. The lowest BCUT2D eigenvalue weighted by Gasteiger charge is -2.27. The molecule has 0 spiro atoms. The van der Waals surface area contributed by atoms with E-state index in [1.165, 1.54) is 10.8 Å². The molecule has 88 valence electrons. The minimum Gasteiger partial charge on any atom is -0.335 e. The summed E-state index contributed by atoms with van der Waals surface area (Å²) in [4.78, 5) is 22.1. The van der Waals surface area contributed by atoms with Gasteiger partial charge in [-0.15, -0.1) is 0 Å². The zero-order chi connectivity index (χ0) is 11.7. The number of carbonyl (C=O) groups is 1. The van der Waals surface area contributed by atoms with Gasteiger partial charge in [-0.25, -0.2) is 4.98 Å². The quantitative estimate of drug-likeness (QED) is 0.694. The molecule has 0 saturated carbocycles. The molecule has 3 heterocycles. The molecule has 0 atom stereocenters. The summed E-state index contributed by atoms with van der Waals surface area (Å²) in [6, 6.07) is 1.67. The van der Waals surface area contributed by atoms with Gasteiger partial charge in [0.05, 0.1) is 0 Å². The number of carbonyl (C=O) groups excluding carboxylic acids is 1. The van der Waals surface area contributed by atoms with Crippen molar-refractivity contribution >= 4 is 11.7 Å². The van der Waals surface area contributed by atoms with E-state index in [-0.39, 0.29) is 5.91 Å². The van der Waals surface area contributed by atoms with Crippen LogP contribution in [0.1, 0.15) is 10.5 Å². The van der Waals surface area contributed by atoms with Crippen LogP contribution in [0.2, 0.25) is 0 Å². The second-order valence-electron chi connectivity index (χ2n) is 3.84. The first kappa shape index (κ1) is 10.2. The maximum Gasteiger partial charge on any atom is 0.272 e. The van der Waals surface area contributed by atoms with Crippen molar-refractivity contribution in [3.63, 3.8) is 0 Å². The Morgan fingerprint density at radius 1 is 1.29 bits per heavy atom. The van der Waals surface area contributed by atoms with Gasteiger partial charge in [0.15, 0.2) is 0 Å². The van der Waals surface area contributed by atoms with Gasteiger partial charge in [-0.2, -0.15) is 14.6 Å². The fourth-order valence-electron chi connectivity index (χ4n) is 1.93. The van der Waals surface area contributed by atoms with Crippen LogP contribution in [0.4, 0.5) is 0 Å². The summed E-state index contributed by atoms with van der Waals surface area (Å²) in [5.74, 6) is 0.426. The van der Waals surface area contributed by atoms with Gasteiger partial charge in [-0.05, 0) is 6.07 Å². The van der Waals surface area contributed by atoms with Crippen LogP contribution in [0, 0.1) is 0 Å². The van der Waals surface area contributed by atoms with E-state index in [9.17, 15) is 4.79 Å². The van der Waals surface area contributed by atoms with E-state index < -0.39 is 0 Å². The molecular formula is C10H12N6O. The summed E-state index contributed by atoms with van der Waals surface area (Å²) in [5, 5.41) is 7.23. The third-order valence-electron chi connectivity index (χ3n) is 2.80. The average molecular weight is 232 g/mol. The third kappa shape index (κ3) is 1.74. The number of piperazine rings is 1. The number of hydrogen-bond acceptors (Lipinski definition) is 5. The summed E-state index contributed by atoms with van der Waals surface area (Å²) >= 11 is 0. The minimum atomic E-state index is -0.0237. The summed E-state index contributed by atoms with van der Waals surface area (Å²) in [7, 11) is 0. The fourth-order valence-corrected chi connectivity index (χ4v) is 1.93. The molecule has 3 rings (SSSR count). The molecule has 7 heteroatoms. The van der Waals surface area contributed by atoms with Crippen LogP contribution < -0.4 is 5.32 Å². The molecule has 0 bridgehead atoms. The smallest absolute Gasteiger partial charge is 0.272 e. The van der Waals surface area contributed by atoms with E-state index in [2.05, 4.69) is 20.4 Å². The van der Waals surface area contributed by atoms with Crippen molar-refractivity contribution in [3.05, 3.63) is 24.3 Å². The molecule has 0 aliphatic carbocycles. The van der Waals surface area contributed by atoms with E-state index in [0.717, 1.165) is 26.2 Å². The van der Waals surface area contributed by atoms with Crippen LogP contribution in [0.15, 0.2) is 18.6 Å². The SMILES string of the molecule is O=C(c1ccnc2ncnn12)N1CCNCC1. The zero-order valence-electron chi connectivity index (χ0n) is 9.20. The molecule has 1 fully saturated rings. The molecule has 2 aromatic rings. The van der Waals surface area contributed by atoms with Gasteiger partial charge in [0.1, 0.15) is 12.0 Å². The van der Waals surface area contributed by atoms with Crippen LogP contribution in [-0.4, -0.2) is 56.6 Å². The summed E-state index contributed by atoms with van der Waals surface area (Å²) in [6.45, 7) is 3.10. The topological polar surface area (TPSA) is 75.4 Å². The Kier molecular flexibility index (Phi) is 2.45. The molecule has 1 saturated heterocycles. The van der Waals surface area contributed by atoms with Gasteiger partial charge in [-0.1, -0.05) is 0 Å². The molecule has 1 aliphatic rings. The van der Waals surface area contributed by atoms with Crippen molar-refractivity contribution in [2.45, 2.75) is 0 Å². The van der Waals surface area contributed by atoms with Crippen LogP contribution in [-0.2, 0) is 0 Å². The second-order valence-corrected chi connectivity index (χ2v) is 3.84. The highest BCUT2D eigenvalue weighted by Gasteiger charge is 2.20. The summed E-state index contributed by atoms with van der Waals surface area (Å²) in [6.07, 6.45) is 2.98. The zero-order valence-corrected chi connectivity index (χ0v) is 9.20. The fraction of sp³-hybridized carbons (Fsp3) is 0.400. The summed E-state index contributed by atoms with van der Waals surface area (Å²) in [5.41, 5.74) is 0.509. The van der Waals surface area contributed by atoms with Gasteiger partial charge in [0.2, 0.25) is 0 Å². The van der Waals surface area contributed by atoms with E-state index in [1.54, 1.807) is 12.3 Å². The lowest BCUT2D eigenvalue weighted by molar-refractivity contribution is 0.0727. The van der Waals surface area contributed by atoms with Gasteiger partial charge in [0, 0.05) is 32.4 Å². The molecular weight excluding hydrogens is 220 g/mol. The predicted molar refractivity (Wildman–Crippen MR) is 59.6 cm³/mol. The van der Waals surface area contributed by atoms with Crippen molar-refractivity contribution < 1.29 is 4.79 Å². The van der Waals surface area contributed by atoms with Crippen molar-refractivity contribution in [1.29, 1.82) is 0 Å². The number of nitrogens with zero attached hydrogens (tertiary/aromatic N) is 5. The van der Waals surface area contributed by atoms with Crippen molar-refractivity contribution in [2.24, 2.45) is 0 Å². The normalized spacial score (nSPS) is 16.4. The van der Waals surface area contributed by atoms with Crippen LogP contribution >= 0.6 is 0 Å². The standard InChI is InChI=1S/C10H12N6O/c17-9(15-5-3-11-4-6-15)8-1-2-12-10-13-7-14-16(8)10/h1-2,7,11H,3-6H2. The first-order chi connectivity index (χ1) is 8.36. The Morgan fingerprint density at radius 2 is 2.12 bits per heavy atom. The number of aromatic nitrogens is 4. The number of nitrogens with one attached hydrogen (secondary N) is 1. The summed E-state index contributed by atoms with van der Waals surface area (Å²) < 4.78 is 1.48. The van der Waals surface area contributed by atoms with Gasteiger partial charge in [-0.3, -0.25) is 4.79 Å². The lowest BCUT2D eigenvalue weighted by atomic mass is 10.3. The Bertz CT molecular complexity index is 544. The van der Waals surface area contributed by atoms with Crippen molar-refractivity contribution in [3.8, 4) is 0 Å². The molecule has 7 nitrogen and oxygen atoms in total. The first-order valence-corrected chi connectivity index (χ1v) is 5.51. The van der Waals surface area contributed by atoms with Crippen LogP contribution in [0.5, 0.6) is 0 Å². The number of hydrogen-bond donors (Lipinski definition) is 1. The van der Waals surface area contributed by atoms with E-state index in [4.69, 9.17) is 0 Å². The Labute approximate surface area is 97.5 Å². The van der Waals surface area contributed by atoms with Crippen molar-refractivity contribution in [2.75, 3.05) is 26.2 Å². The highest BCUT2D eigenvalue weighted by Crippen LogP contribution is 2.06. The number of fused-ring (bicyclic) bond motifs is 1. The molecule has 0 aromatic carbocycles. The monoisotopic (exact) mass is 232 g/mol. The first-order valence-electron chi connectivity index (χ1n) is 5.51. The largest absolute Gasteiger partial charge is 0.335 e. The van der Waals surface area contributed by atoms with E-state index in [0.29, 0.717) is 11.5 Å². The Morgan fingerprint density at radius 3 is 2.94 bits per heavy atom. The minimum absolute atomic E-state index is 0.0237. The number of amides is 1.